The van der Waals surface area contributed by atoms with Gasteiger partial charge in [-0.3, -0.25) is 0 Å². The van der Waals surface area contributed by atoms with Crippen LogP contribution in [0.15, 0.2) is 35.8 Å². The molecule has 0 aliphatic carbocycles. The summed E-state index contributed by atoms with van der Waals surface area (Å²) in [5, 5.41) is 15.5. The van der Waals surface area contributed by atoms with E-state index in [1.807, 2.05) is 10.9 Å². The van der Waals surface area contributed by atoms with Gasteiger partial charge in [-0.1, -0.05) is 23.4 Å². The quantitative estimate of drug-likeness (QED) is 0.776. The van der Waals surface area contributed by atoms with Crippen molar-refractivity contribution in [3.63, 3.8) is 0 Å². The van der Waals surface area contributed by atoms with Crippen molar-refractivity contribution in [1.82, 2.24) is 20.3 Å². The summed E-state index contributed by atoms with van der Waals surface area (Å²) in [6.45, 7) is 7.14. The number of rotatable bonds is 5. The lowest BCUT2D eigenvalue weighted by Crippen LogP contribution is -2.18. The number of hydrogen-bond acceptors (Lipinski definition) is 4. The van der Waals surface area contributed by atoms with Crippen LogP contribution in [0.2, 0.25) is 0 Å². The molecule has 0 saturated heterocycles. The molecule has 1 atom stereocenters. The molecule has 5 heteroatoms. The van der Waals surface area contributed by atoms with Gasteiger partial charge in [-0.05, 0) is 43.2 Å². The number of aromatic nitrogens is 3. The second-order valence-electron chi connectivity index (χ2n) is 5.57. The van der Waals surface area contributed by atoms with Crippen LogP contribution in [-0.2, 0) is 6.54 Å². The number of thiophene rings is 1. The average Bonchev–Trinajstić information content (AvgIpc) is 3.11. The number of hydrogen-bond donors (Lipinski definition) is 1. The van der Waals surface area contributed by atoms with E-state index in [9.17, 15) is 0 Å². The highest BCUT2D eigenvalue weighted by molar-refractivity contribution is 7.17. The standard InChI is InChI=1S/C16H20N4S/c1-11(2)20-9-13(18-19-20)8-17-12(3)15-10-21-16-7-5-4-6-14(15)16/h4-7,9-12,17H,8H2,1-3H3/t12-/m0/s1. The lowest BCUT2D eigenvalue weighted by molar-refractivity contribution is 0.514. The normalized spacial score (nSPS) is 13.1. The summed E-state index contributed by atoms with van der Waals surface area (Å²) >= 11 is 1.80. The van der Waals surface area contributed by atoms with Crippen LogP contribution in [0.4, 0.5) is 0 Å². The summed E-state index contributed by atoms with van der Waals surface area (Å²) in [4.78, 5) is 0. The Hall–Kier alpha value is -1.72. The van der Waals surface area contributed by atoms with Gasteiger partial charge in [-0.25, -0.2) is 4.68 Å². The molecule has 2 heterocycles. The van der Waals surface area contributed by atoms with Gasteiger partial charge in [-0.15, -0.1) is 16.4 Å². The molecule has 0 amide bonds. The first kappa shape index (κ1) is 14.2. The van der Waals surface area contributed by atoms with Crippen molar-refractivity contribution in [1.29, 1.82) is 0 Å². The molecule has 2 aromatic heterocycles. The van der Waals surface area contributed by atoms with Crippen LogP contribution in [0.5, 0.6) is 0 Å². The van der Waals surface area contributed by atoms with Gasteiger partial charge in [0.2, 0.25) is 0 Å². The SMILES string of the molecule is CC(C)n1cc(CN[C@@H](C)c2csc3ccccc23)nn1. The van der Waals surface area contributed by atoms with Crippen molar-refractivity contribution < 1.29 is 0 Å². The maximum Gasteiger partial charge on any atom is 0.0965 e. The summed E-state index contributed by atoms with van der Waals surface area (Å²) in [7, 11) is 0. The van der Waals surface area contributed by atoms with Crippen molar-refractivity contribution >= 4 is 21.4 Å². The zero-order chi connectivity index (χ0) is 14.8. The number of nitrogens with zero attached hydrogens (tertiary/aromatic N) is 3. The van der Waals surface area contributed by atoms with Gasteiger partial charge >= 0.3 is 0 Å². The first-order valence-electron chi connectivity index (χ1n) is 7.25. The van der Waals surface area contributed by atoms with Gasteiger partial charge in [0, 0.05) is 23.3 Å². The molecule has 1 N–H and O–H groups in total. The Kier molecular flexibility index (Phi) is 4.03. The highest BCUT2D eigenvalue weighted by Crippen LogP contribution is 2.30. The van der Waals surface area contributed by atoms with Crippen molar-refractivity contribution in [2.24, 2.45) is 0 Å². The van der Waals surface area contributed by atoms with Crippen molar-refractivity contribution in [2.75, 3.05) is 0 Å². The summed E-state index contributed by atoms with van der Waals surface area (Å²) in [6.07, 6.45) is 2.01. The Bertz CT molecular complexity index is 729. The fourth-order valence-electron chi connectivity index (χ4n) is 2.35. The predicted octanol–water partition coefficient (Wildman–Crippen LogP) is 3.92. The molecule has 0 spiro atoms. The van der Waals surface area contributed by atoms with Crippen LogP contribution < -0.4 is 5.32 Å². The van der Waals surface area contributed by atoms with Gasteiger partial charge < -0.3 is 5.32 Å². The van der Waals surface area contributed by atoms with E-state index in [2.05, 4.69) is 66.0 Å². The third-order valence-electron chi connectivity index (χ3n) is 3.65. The Labute approximate surface area is 128 Å². The Balaban J connectivity index is 1.69. The minimum Gasteiger partial charge on any atom is -0.304 e. The molecule has 110 valence electrons. The summed E-state index contributed by atoms with van der Waals surface area (Å²) in [6, 6.07) is 9.19. The minimum absolute atomic E-state index is 0.297. The van der Waals surface area contributed by atoms with Gasteiger partial charge in [0.25, 0.3) is 0 Å². The molecule has 0 fully saturated rings. The molecule has 1 aromatic carbocycles. The number of nitrogens with one attached hydrogen (secondary N) is 1. The Morgan fingerprint density at radius 2 is 2.05 bits per heavy atom. The van der Waals surface area contributed by atoms with E-state index in [1.165, 1.54) is 15.6 Å². The lowest BCUT2D eigenvalue weighted by Gasteiger charge is -2.12. The largest absolute Gasteiger partial charge is 0.304 e. The number of fused-ring (bicyclic) bond motifs is 1. The van der Waals surface area contributed by atoms with Gasteiger partial charge in [0.1, 0.15) is 0 Å². The molecule has 3 aromatic rings. The van der Waals surface area contributed by atoms with E-state index in [1.54, 1.807) is 11.3 Å². The fourth-order valence-corrected chi connectivity index (χ4v) is 3.40. The first-order chi connectivity index (χ1) is 10.1. The van der Waals surface area contributed by atoms with E-state index < -0.39 is 0 Å². The number of benzene rings is 1. The van der Waals surface area contributed by atoms with E-state index in [0.29, 0.717) is 12.1 Å². The summed E-state index contributed by atoms with van der Waals surface area (Å²) < 4.78 is 3.23. The van der Waals surface area contributed by atoms with Crippen molar-refractivity contribution in [3.8, 4) is 0 Å². The van der Waals surface area contributed by atoms with Crippen LogP contribution in [0.3, 0.4) is 0 Å². The summed E-state index contributed by atoms with van der Waals surface area (Å²) in [5.41, 5.74) is 2.34. The second-order valence-corrected chi connectivity index (χ2v) is 6.48. The van der Waals surface area contributed by atoms with E-state index >= 15 is 0 Å². The molecule has 0 bridgehead atoms. The predicted molar refractivity (Wildman–Crippen MR) is 87.5 cm³/mol. The molecule has 0 unspecified atom stereocenters. The smallest absolute Gasteiger partial charge is 0.0965 e. The molecule has 0 aliphatic rings. The van der Waals surface area contributed by atoms with Crippen LogP contribution >= 0.6 is 11.3 Å². The van der Waals surface area contributed by atoms with Crippen molar-refractivity contribution in [3.05, 3.63) is 47.1 Å². The Morgan fingerprint density at radius 1 is 1.24 bits per heavy atom. The monoisotopic (exact) mass is 300 g/mol. The fraction of sp³-hybridized carbons (Fsp3) is 0.375. The minimum atomic E-state index is 0.297. The summed E-state index contributed by atoms with van der Waals surface area (Å²) in [5.74, 6) is 0. The van der Waals surface area contributed by atoms with Crippen LogP contribution in [0, 0.1) is 0 Å². The first-order valence-corrected chi connectivity index (χ1v) is 8.13. The third kappa shape index (κ3) is 2.99. The molecule has 0 aliphatic heterocycles. The molecule has 3 rings (SSSR count). The maximum absolute atomic E-state index is 4.21. The van der Waals surface area contributed by atoms with Crippen LogP contribution in [0.25, 0.3) is 10.1 Å². The topological polar surface area (TPSA) is 42.7 Å². The lowest BCUT2D eigenvalue weighted by atomic mass is 10.1. The van der Waals surface area contributed by atoms with E-state index in [0.717, 1.165) is 12.2 Å². The van der Waals surface area contributed by atoms with Crippen LogP contribution in [0.1, 0.15) is 44.1 Å². The van der Waals surface area contributed by atoms with Gasteiger partial charge in [-0.2, -0.15) is 0 Å². The molecule has 0 radical (unpaired) electrons. The van der Waals surface area contributed by atoms with Crippen molar-refractivity contribution in [2.45, 2.75) is 39.4 Å². The molecule has 0 saturated carbocycles. The highest BCUT2D eigenvalue weighted by Gasteiger charge is 2.11. The molecular formula is C16H20N4S. The molecular weight excluding hydrogens is 280 g/mol. The third-order valence-corrected chi connectivity index (χ3v) is 4.64. The Morgan fingerprint density at radius 3 is 2.81 bits per heavy atom. The zero-order valence-electron chi connectivity index (χ0n) is 12.6. The molecule has 4 nitrogen and oxygen atoms in total. The highest BCUT2D eigenvalue weighted by atomic mass is 32.1. The van der Waals surface area contributed by atoms with Gasteiger partial charge in [0.05, 0.1) is 11.9 Å². The molecule has 21 heavy (non-hydrogen) atoms. The van der Waals surface area contributed by atoms with Gasteiger partial charge in [0.15, 0.2) is 0 Å². The maximum atomic E-state index is 4.21. The van der Waals surface area contributed by atoms with Crippen LogP contribution in [-0.4, -0.2) is 15.0 Å². The van der Waals surface area contributed by atoms with E-state index in [4.69, 9.17) is 0 Å². The second kappa shape index (κ2) is 5.95. The average molecular weight is 300 g/mol. The van der Waals surface area contributed by atoms with E-state index in [-0.39, 0.29) is 0 Å². The zero-order valence-corrected chi connectivity index (χ0v) is 13.4.